The van der Waals surface area contributed by atoms with Crippen LogP contribution in [-0.4, -0.2) is 28.0 Å². The van der Waals surface area contributed by atoms with Gasteiger partial charge in [-0.1, -0.05) is 11.6 Å². The Kier molecular flexibility index (Phi) is 5.18. The van der Waals surface area contributed by atoms with E-state index in [0.717, 1.165) is 17.6 Å². The van der Waals surface area contributed by atoms with Crippen LogP contribution in [0.25, 0.3) is 11.1 Å². The van der Waals surface area contributed by atoms with Crippen LogP contribution in [0.5, 0.6) is 11.5 Å². The molecule has 0 fully saturated rings. The number of ether oxygens (including phenoxy) is 1. The second-order valence-electron chi connectivity index (χ2n) is 5.67. The summed E-state index contributed by atoms with van der Waals surface area (Å²) in [5.41, 5.74) is 1.30. The third kappa shape index (κ3) is 4.21. The average molecular weight is 452 g/mol. The first kappa shape index (κ1) is 19.3. The average Bonchev–Trinajstić information content (AvgIpc) is 3.38. The van der Waals surface area contributed by atoms with E-state index in [4.69, 9.17) is 16.3 Å². The maximum Gasteiger partial charge on any atom is 0.263 e. The molecule has 0 aliphatic heterocycles. The predicted octanol–water partition coefficient (Wildman–Crippen LogP) is 4.31. The third-order valence-electron chi connectivity index (χ3n) is 3.77. The number of sulfonamides is 1. The Morgan fingerprint density at radius 2 is 2.00 bits per heavy atom. The first-order chi connectivity index (χ1) is 13.9. The minimum atomic E-state index is -4.01. The zero-order valence-electron chi connectivity index (χ0n) is 14.3. The molecule has 0 atom stereocenters. The molecular weight excluding hydrogens is 441 g/mol. The Labute approximate surface area is 173 Å². The van der Waals surface area contributed by atoms with E-state index in [0.29, 0.717) is 21.9 Å². The van der Waals surface area contributed by atoms with Crippen molar-refractivity contribution in [3.8, 4) is 22.6 Å². The molecule has 0 saturated carbocycles. The summed E-state index contributed by atoms with van der Waals surface area (Å²) >= 11 is 6.92. The van der Waals surface area contributed by atoms with Gasteiger partial charge in [0.15, 0.2) is 11.6 Å². The number of H-pyrrole nitrogens is 1. The summed E-state index contributed by atoms with van der Waals surface area (Å²) in [5, 5.41) is 7.12. The highest BCUT2D eigenvalue weighted by Gasteiger charge is 2.19. The van der Waals surface area contributed by atoms with E-state index < -0.39 is 15.8 Å². The van der Waals surface area contributed by atoms with Crippen LogP contribution in [0.1, 0.15) is 0 Å². The van der Waals surface area contributed by atoms with Crippen molar-refractivity contribution in [1.29, 1.82) is 0 Å². The highest BCUT2D eigenvalue weighted by Crippen LogP contribution is 2.36. The smallest absolute Gasteiger partial charge is 0.263 e. The number of rotatable bonds is 6. The molecule has 12 heteroatoms. The lowest BCUT2D eigenvalue weighted by molar-refractivity contribution is 0.442. The van der Waals surface area contributed by atoms with Crippen LogP contribution < -0.4 is 9.46 Å². The van der Waals surface area contributed by atoms with E-state index in [2.05, 4.69) is 24.3 Å². The fourth-order valence-corrected chi connectivity index (χ4v) is 4.30. The number of anilines is 1. The van der Waals surface area contributed by atoms with Gasteiger partial charge in [0.2, 0.25) is 5.13 Å². The van der Waals surface area contributed by atoms with Crippen LogP contribution in [0.2, 0.25) is 5.02 Å². The Morgan fingerprint density at radius 1 is 1.17 bits per heavy atom. The molecule has 4 aromatic rings. The van der Waals surface area contributed by atoms with Gasteiger partial charge in [-0.3, -0.25) is 9.82 Å². The fraction of sp³-hybridized carbons (Fsp3) is 0. The largest absolute Gasteiger partial charge is 0.454 e. The third-order valence-corrected chi connectivity index (χ3v) is 6.05. The Hall–Kier alpha value is -3.02. The van der Waals surface area contributed by atoms with Crippen LogP contribution in [0.15, 0.2) is 60.0 Å². The van der Waals surface area contributed by atoms with E-state index >= 15 is 0 Å². The zero-order chi connectivity index (χ0) is 20.4. The summed E-state index contributed by atoms with van der Waals surface area (Å²) < 4.78 is 51.0. The topological polar surface area (TPSA) is 110 Å². The Bertz CT molecular complexity index is 1250. The van der Waals surface area contributed by atoms with E-state index in [9.17, 15) is 12.8 Å². The maximum absolute atomic E-state index is 14.6. The molecule has 2 aromatic carbocycles. The van der Waals surface area contributed by atoms with Crippen LogP contribution >= 0.6 is 23.1 Å². The number of aromatic amines is 1. The SMILES string of the molecule is O=S(=O)(Nc1ncns1)c1ccc(Oc2ccc(Cl)cc2-c2cn[nH]c2)c(F)c1. The molecular formula is C17H11ClFN5O3S2. The van der Waals surface area contributed by atoms with Gasteiger partial charge in [0, 0.05) is 33.9 Å². The number of aromatic nitrogens is 4. The summed E-state index contributed by atoms with van der Waals surface area (Å²) in [7, 11) is -4.01. The number of hydrogen-bond donors (Lipinski definition) is 2. The number of benzene rings is 2. The molecule has 29 heavy (non-hydrogen) atoms. The highest BCUT2D eigenvalue weighted by atomic mass is 35.5. The number of hydrogen-bond acceptors (Lipinski definition) is 7. The van der Waals surface area contributed by atoms with Gasteiger partial charge in [-0.2, -0.15) is 9.47 Å². The molecule has 4 rings (SSSR count). The van der Waals surface area contributed by atoms with Gasteiger partial charge in [0.25, 0.3) is 10.0 Å². The van der Waals surface area contributed by atoms with E-state index in [1.54, 1.807) is 30.6 Å². The van der Waals surface area contributed by atoms with E-state index in [1.807, 2.05) is 0 Å². The Balaban J connectivity index is 1.63. The summed E-state index contributed by atoms with van der Waals surface area (Å²) in [4.78, 5) is 3.47. The second kappa shape index (κ2) is 7.78. The lowest BCUT2D eigenvalue weighted by Crippen LogP contribution is -2.13. The molecule has 0 saturated heterocycles. The van der Waals surface area contributed by atoms with Crippen molar-refractivity contribution in [2.45, 2.75) is 4.90 Å². The molecule has 0 aliphatic carbocycles. The molecule has 2 heterocycles. The normalized spacial score (nSPS) is 11.4. The van der Waals surface area contributed by atoms with Crippen LogP contribution in [0.3, 0.4) is 0 Å². The molecule has 8 nitrogen and oxygen atoms in total. The molecule has 0 aliphatic rings. The summed E-state index contributed by atoms with van der Waals surface area (Å²) in [5.74, 6) is -0.664. The molecule has 0 unspecified atom stereocenters. The van der Waals surface area contributed by atoms with Crippen molar-refractivity contribution in [3.63, 3.8) is 0 Å². The van der Waals surface area contributed by atoms with Crippen molar-refractivity contribution < 1.29 is 17.5 Å². The molecule has 2 N–H and O–H groups in total. The lowest BCUT2D eigenvalue weighted by Gasteiger charge is -2.12. The summed E-state index contributed by atoms with van der Waals surface area (Å²) in [6.45, 7) is 0. The molecule has 0 radical (unpaired) electrons. The van der Waals surface area contributed by atoms with Crippen molar-refractivity contribution in [3.05, 3.63) is 66.0 Å². The fourth-order valence-electron chi connectivity index (χ4n) is 2.46. The van der Waals surface area contributed by atoms with Gasteiger partial charge in [0.1, 0.15) is 12.1 Å². The van der Waals surface area contributed by atoms with Crippen molar-refractivity contribution >= 4 is 38.3 Å². The van der Waals surface area contributed by atoms with Gasteiger partial charge in [-0.05, 0) is 36.4 Å². The second-order valence-corrected chi connectivity index (χ2v) is 8.57. The molecule has 2 aromatic heterocycles. The first-order valence-electron chi connectivity index (χ1n) is 7.98. The summed E-state index contributed by atoms with van der Waals surface area (Å²) in [6, 6.07) is 8.18. The molecule has 0 bridgehead atoms. The van der Waals surface area contributed by atoms with Crippen molar-refractivity contribution in [2.24, 2.45) is 0 Å². The van der Waals surface area contributed by atoms with Crippen molar-refractivity contribution in [2.75, 3.05) is 4.72 Å². The molecule has 148 valence electrons. The maximum atomic E-state index is 14.6. The van der Waals surface area contributed by atoms with Crippen LogP contribution in [0.4, 0.5) is 9.52 Å². The standard InChI is InChI=1S/C17H11ClFN5O3S2/c18-11-1-3-15(13(5-11)10-7-21-22-8-10)27-16-4-2-12(6-14(16)19)29(25,26)24-17-20-9-23-28-17/h1-9H,(H,21,22)(H,20,23,24). The van der Waals surface area contributed by atoms with Gasteiger partial charge < -0.3 is 4.74 Å². The van der Waals surface area contributed by atoms with E-state index in [1.165, 1.54) is 18.5 Å². The van der Waals surface area contributed by atoms with E-state index in [-0.39, 0.29) is 15.8 Å². The number of halogens is 2. The lowest BCUT2D eigenvalue weighted by atomic mass is 10.1. The van der Waals surface area contributed by atoms with Gasteiger partial charge in [-0.15, -0.1) is 0 Å². The van der Waals surface area contributed by atoms with Gasteiger partial charge >= 0.3 is 0 Å². The van der Waals surface area contributed by atoms with Crippen LogP contribution in [-0.2, 0) is 10.0 Å². The summed E-state index contributed by atoms with van der Waals surface area (Å²) in [6.07, 6.45) is 4.43. The first-order valence-corrected chi connectivity index (χ1v) is 10.6. The highest BCUT2D eigenvalue weighted by molar-refractivity contribution is 7.93. The van der Waals surface area contributed by atoms with Gasteiger partial charge in [-0.25, -0.2) is 17.8 Å². The molecule has 0 spiro atoms. The number of nitrogens with zero attached hydrogens (tertiary/aromatic N) is 3. The van der Waals surface area contributed by atoms with Crippen LogP contribution in [0, 0.1) is 5.82 Å². The monoisotopic (exact) mass is 451 g/mol. The Morgan fingerprint density at radius 3 is 2.69 bits per heavy atom. The predicted molar refractivity (Wildman–Crippen MR) is 106 cm³/mol. The quantitative estimate of drug-likeness (QED) is 0.452. The van der Waals surface area contributed by atoms with Crippen molar-refractivity contribution in [1.82, 2.24) is 19.6 Å². The minimum Gasteiger partial charge on any atom is -0.454 e. The molecule has 0 amide bonds. The number of nitrogens with one attached hydrogen (secondary N) is 2. The minimum absolute atomic E-state index is 0.0802. The van der Waals surface area contributed by atoms with Gasteiger partial charge in [0.05, 0.1) is 11.1 Å². The zero-order valence-corrected chi connectivity index (χ0v) is 16.7.